The Labute approximate surface area is 99.3 Å². The molecule has 0 aromatic carbocycles. The summed E-state index contributed by atoms with van der Waals surface area (Å²) in [5.41, 5.74) is 5.36. The second kappa shape index (κ2) is 8.74. The average Bonchev–Trinajstić information content (AvgIpc) is 2.85. The van der Waals surface area contributed by atoms with E-state index in [-0.39, 0.29) is 0 Å². The molecule has 1 aliphatic heterocycles. The van der Waals surface area contributed by atoms with Crippen LogP contribution in [-0.2, 0) is 0 Å². The van der Waals surface area contributed by atoms with Gasteiger partial charge in [0.25, 0.3) is 0 Å². The molecule has 0 aliphatic carbocycles. The van der Waals surface area contributed by atoms with Gasteiger partial charge in [0.2, 0.25) is 0 Å². The van der Waals surface area contributed by atoms with Crippen LogP contribution in [0.5, 0.6) is 0 Å². The van der Waals surface area contributed by atoms with E-state index in [1.807, 2.05) is 50.2 Å². The minimum atomic E-state index is 0.871. The lowest BCUT2D eigenvalue weighted by Gasteiger charge is -2.20. The number of hydrazine groups is 1. The number of allylic oxidation sites excluding steroid dienone is 4. The smallest absolute Gasteiger partial charge is 0.0600 e. The van der Waals surface area contributed by atoms with Crippen molar-refractivity contribution in [3.05, 3.63) is 61.0 Å². The summed E-state index contributed by atoms with van der Waals surface area (Å²) in [5, 5.41) is 1.98. The van der Waals surface area contributed by atoms with Crippen molar-refractivity contribution in [2.45, 2.75) is 20.8 Å². The van der Waals surface area contributed by atoms with E-state index in [1.54, 1.807) is 6.08 Å². The van der Waals surface area contributed by atoms with Gasteiger partial charge in [0.15, 0.2) is 0 Å². The van der Waals surface area contributed by atoms with E-state index < -0.39 is 0 Å². The molecular formula is C14H22N2. The van der Waals surface area contributed by atoms with E-state index in [1.165, 1.54) is 0 Å². The van der Waals surface area contributed by atoms with Crippen LogP contribution in [0.2, 0.25) is 0 Å². The molecule has 2 nitrogen and oxygen atoms in total. The highest BCUT2D eigenvalue weighted by molar-refractivity contribution is 5.40. The van der Waals surface area contributed by atoms with Crippen LogP contribution in [0.3, 0.4) is 0 Å². The van der Waals surface area contributed by atoms with E-state index in [2.05, 4.69) is 24.7 Å². The van der Waals surface area contributed by atoms with Crippen molar-refractivity contribution < 1.29 is 0 Å². The Hall–Kier alpha value is -1.54. The highest BCUT2D eigenvalue weighted by atomic mass is 15.5. The average molecular weight is 218 g/mol. The van der Waals surface area contributed by atoms with Crippen molar-refractivity contribution >= 4 is 0 Å². The largest absolute Gasteiger partial charge is 0.284 e. The molecule has 0 saturated heterocycles. The standard InChI is InChI=1S/C12H16N2.C2H6/c1-4-8-11(5-2)12(6-3)14-10-7-9-13-14;1-2/h4-8,10,13H,1-2,9H2,3H3;1-2H3/b11-8-,12-6+;. The molecule has 0 unspecified atom stereocenters. The fraction of sp³-hybridized carbons (Fsp3) is 0.286. The van der Waals surface area contributed by atoms with E-state index in [0.29, 0.717) is 0 Å². The van der Waals surface area contributed by atoms with E-state index in [9.17, 15) is 0 Å². The first-order chi connectivity index (χ1) is 7.83. The van der Waals surface area contributed by atoms with E-state index in [4.69, 9.17) is 0 Å². The van der Waals surface area contributed by atoms with Gasteiger partial charge in [-0.25, -0.2) is 5.43 Å². The van der Waals surface area contributed by atoms with Crippen LogP contribution in [-0.4, -0.2) is 11.6 Å². The molecule has 1 N–H and O–H groups in total. The third kappa shape index (κ3) is 3.91. The van der Waals surface area contributed by atoms with Crippen LogP contribution in [0.15, 0.2) is 61.0 Å². The zero-order valence-electron chi connectivity index (χ0n) is 10.5. The summed E-state index contributed by atoms with van der Waals surface area (Å²) in [7, 11) is 0. The predicted octanol–water partition coefficient (Wildman–Crippen LogP) is 3.55. The van der Waals surface area contributed by atoms with Crippen molar-refractivity contribution in [1.82, 2.24) is 10.4 Å². The Balaban J connectivity index is 0.00000106. The maximum absolute atomic E-state index is 3.78. The first-order valence-corrected chi connectivity index (χ1v) is 5.64. The Morgan fingerprint density at radius 3 is 2.44 bits per heavy atom. The summed E-state index contributed by atoms with van der Waals surface area (Å²) in [5.74, 6) is 0. The van der Waals surface area contributed by atoms with Crippen LogP contribution < -0.4 is 5.43 Å². The van der Waals surface area contributed by atoms with Crippen LogP contribution in [0.25, 0.3) is 0 Å². The topological polar surface area (TPSA) is 15.3 Å². The molecule has 88 valence electrons. The van der Waals surface area contributed by atoms with Crippen LogP contribution in [0.4, 0.5) is 0 Å². The first-order valence-electron chi connectivity index (χ1n) is 5.64. The van der Waals surface area contributed by atoms with Crippen LogP contribution in [0, 0.1) is 0 Å². The summed E-state index contributed by atoms with van der Waals surface area (Å²) in [4.78, 5) is 0. The third-order valence-electron chi connectivity index (χ3n) is 1.98. The molecule has 2 heteroatoms. The zero-order valence-corrected chi connectivity index (χ0v) is 10.5. The SMILES string of the molecule is C=C/C=C(C=C)\C(=C/C)N1C=CCN1.CC. The van der Waals surface area contributed by atoms with Gasteiger partial charge in [-0.15, -0.1) is 0 Å². The second-order valence-corrected chi connectivity index (χ2v) is 2.85. The number of nitrogens with one attached hydrogen (secondary N) is 1. The van der Waals surface area contributed by atoms with Gasteiger partial charge in [0.05, 0.1) is 5.70 Å². The molecule has 0 fully saturated rings. The molecule has 0 spiro atoms. The molecule has 1 rings (SSSR count). The predicted molar refractivity (Wildman–Crippen MR) is 72.6 cm³/mol. The molecule has 0 amide bonds. The fourth-order valence-electron chi connectivity index (χ4n) is 1.36. The zero-order chi connectivity index (χ0) is 12.4. The molecule has 0 aromatic rings. The highest BCUT2D eigenvalue weighted by Crippen LogP contribution is 2.16. The number of rotatable bonds is 4. The van der Waals surface area contributed by atoms with Crippen LogP contribution in [0.1, 0.15) is 20.8 Å². The summed E-state index contributed by atoms with van der Waals surface area (Å²) < 4.78 is 0. The number of nitrogens with zero attached hydrogens (tertiary/aromatic N) is 1. The van der Waals surface area contributed by atoms with Crippen molar-refractivity contribution in [3.63, 3.8) is 0 Å². The van der Waals surface area contributed by atoms with Crippen molar-refractivity contribution in [3.8, 4) is 0 Å². The number of hydrogen-bond acceptors (Lipinski definition) is 2. The minimum absolute atomic E-state index is 0.871. The van der Waals surface area contributed by atoms with Crippen molar-refractivity contribution in [1.29, 1.82) is 0 Å². The highest BCUT2D eigenvalue weighted by Gasteiger charge is 2.10. The Kier molecular flexibility index (Phi) is 7.90. The lowest BCUT2D eigenvalue weighted by molar-refractivity contribution is 0.390. The molecular weight excluding hydrogens is 196 g/mol. The van der Waals surface area contributed by atoms with Gasteiger partial charge in [-0.1, -0.05) is 57.4 Å². The Bertz CT molecular complexity index is 309. The molecule has 1 aliphatic rings. The van der Waals surface area contributed by atoms with Gasteiger partial charge < -0.3 is 0 Å². The number of hydrogen-bond donors (Lipinski definition) is 1. The third-order valence-corrected chi connectivity index (χ3v) is 1.98. The Morgan fingerprint density at radius 2 is 2.06 bits per heavy atom. The molecule has 0 bridgehead atoms. The fourth-order valence-corrected chi connectivity index (χ4v) is 1.36. The normalized spacial score (nSPS) is 15.6. The van der Waals surface area contributed by atoms with Gasteiger partial charge in [-0.05, 0) is 12.5 Å². The molecule has 0 radical (unpaired) electrons. The quantitative estimate of drug-likeness (QED) is 0.726. The Morgan fingerprint density at radius 1 is 1.38 bits per heavy atom. The monoisotopic (exact) mass is 218 g/mol. The van der Waals surface area contributed by atoms with E-state index >= 15 is 0 Å². The summed E-state index contributed by atoms with van der Waals surface area (Å²) >= 11 is 0. The van der Waals surface area contributed by atoms with Crippen molar-refractivity contribution in [2.24, 2.45) is 0 Å². The molecule has 1 heterocycles. The minimum Gasteiger partial charge on any atom is -0.284 e. The summed E-state index contributed by atoms with van der Waals surface area (Å²) in [6.07, 6.45) is 11.6. The molecule has 0 saturated carbocycles. The van der Waals surface area contributed by atoms with Gasteiger partial charge in [0.1, 0.15) is 0 Å². The second-order valence-electron chi connectivity index (χ2n) is 2.85. The maximum Gasteiger partial charge on any atom is 0.0600 e. The summed E-state index contributed by atoms with van der Waals surface area (Å²) in [6, 6.07) is 0. The lowest BCUT2D eigenvalue weighted by atomic mass is 10.1. The van der Waals surface area contributed by atoms with Gasteiger partial charge in [-0.3, -0.25) is 5.01 Å². The molecule has 0 aromatic heterocycles. The van der Waals surface area contributed by atoms with Gasteiger partial charge >= 0.3 is 0 Å². The van der Waals surface area contributed by atoms with Gasteiger partial charge in [-0.2, -0.15) is 0 Å². The molecule has 0 atom stereocenters. The maximum atomic E-state index is 3.78. The van der Waals surface area contributed by atoms with Crippen molar-refractivity contribution in [2.75, 3.05) is 6.54 Å². The lowest BCUT2D eigenvalue weighted by Crippen LogP contribution is -2.28. The van der Waals surface area contributed by atoms with Gasteiger partial charge in [0, 0.05) is 12.7 Å². The summed E-state index contributed by atoms with van der Waals surface area (Å²) in [6.45, 7) is 14.3. The first kappa shape index (κ1) is 14.5. The van der Waals surface area contributed by atoms with Crippen LogP contribution >= 0.6 is 0 Å². The van der Waals surface area contributed by atoms with E-state index in [0.717, 1.165) is 17.8 Å². The molecule has 16 heavy (non-hydrogen) atoms.